The van der Waals surface area contributed by atoms with Gasteiger partial charge in [-0.05, 0) is 93.4 Å². The molecule has 1 aliphatic rings. The Morgan fingerprint density at radius 1 is 1.27 bits per heavy atom. The highest BCUT2D eigenvalue weighted by Gasteiger charge is 2.49. The van der Waals surface area contributed by atoms with E-state index in [1.54, 1.807) is 25.1 Å². The number of anilines is 1. The minimum atomic E-state index is -0.834. The van der Waals surface area contributed by atoms with E-state index in [1.807, 2.05) is 62.1 Å². The summed E-state index contributed by atoms with van der Waals surface area (Å²) in [6.07, 6.45) is 7.53. The summed E-state index contributed by atoms with van der Waals surface area (Å²) >= 11 is 12.1. The van der Waals surface area contributed by atoms with Crippen molar-refractivity contribution in [1.82, 2.24) is 4.90 Å². The number of nitriles is 1. The lowest BCUT2D eigenvalue weighted by Crippen LogP contribution is -2.44. The van der Waals surface area contributed by atoms with Crippen molar-refractivity contribution in [2.75, 3.05) is 18.1 Å². The molecule has 7 nitrogen and oxygen atoms in total. The van der Waals surface area contributed by atoms with Crippen molar-refractivity contribution in [3.63, 3.8) is 0 Å². The maximum Gasteiger partial charge on any atom is 0.258 e. The predicted molar refractivity (Wildman–Crippen MR) is 151 cm³/mol. The van der Waals surface area contributed by atoms with E-state index < -0.39 is 5.54 Å². The number of hydrogen-bond acceptors (Lipinski definition) is 6. The largest absolute Gasteiger partial charge is 0.494 e. The molecule has 0 unspecified atom stereocenters. The number of thiocarbonyl (C=S) groups is 1. The second kappa shape index (κ2) is 12.0. The number of carbonyl (C=O) groups excluding carboxylic acids is 1. The Balaban J connectivity index is 1.65. The molecule has 0 radical (unpaired) electrons. The molecule has 1 heterocycles. The van der Waals surface area contributed by atoms with Gasteiger partial charge in [0, 0.05) is 6.54 Å². The average molecular weight is 537 g/mol. The number of hydrogen-bond donors (Lipinski definition) is 1. The number of benzene rings is 2. The van der Waals surface area contributed by atoms with Gasteiger partial charge in [0.2, 0.25) is 0 Å². The Bertz CT molecular complexity index is 1310. The van der Waals surface area contributed by atoms with Crippen LogP contribution in [-0.2, 0) is 4.79 Å². The SMILES string of the molecule is C\C=C/C(=C\C=N\O)c1ccc(OCCCN2C(=S)N(c3ccc(C#N)c(Cl)c3C)C(=O)C2(C)C)cc1. The minimum absolute atomic E-state index is 0.144. The molecule has 0 aromatic heterocycles. The number of nitrogens with zero attached hydrogens (tertiary/aromatic N) is 4. The first-order chi connectivity index (χ1) is 17.7. The molecule has 3 rings (SSSR count). The van der Waals surface area contributed by atoms with E-state index in [2.05, 4.69) is 11.2 Å². The van der Waals surface area contributed by atoms with Gasteiger partial charge in [0.05, 0.1) is 29.1 Å². The van der Waals surface area contributed by atoms with Crippen molar-refractivity contribution in [2.45, 2.75) is 39.7 Å². The second-order valence-corrected chi connectivity index (χ2v) is 9.67. The summed E-state index contributed by atoms with van der Waals surface area (Å²) in [5.41, 5.74) is 2.61. The Kier molecular flexibility index (Phi) is 9.09. The number of ether oxygens (including phenoxy) is 1. The van der Waals surface area contributed by atoms with E-state index in [0.29, 0.717) is 46.5 Å². The highest BCUT2D eigenvalue weighted by molar-refractivity contribution is 7.80. The molecule has 1 saturated heterocycles. The second-order valence-electron chi connectivity index (χ2n) is 8.93. The van der Waals surface area contributed by atoms with E-state index in [9.17, 15) is 10.1 Å². The van der Waals surface area contributed by atoms with Crippen molar-refractivity contribution in [3.05, 3.63) is 76.3 Å². The smallest absolute Gasteiger partial charge is 0.258 e. The molecule has 2 aromatic carbocycles. The van der Waals surface area contributed by atoms with Crippen LogP contribution in [0.2, 0.25) is 5.02 Å². The summed E-state index contributed by atoms with van der Waals surface area (Å²) in [6, 6.07) is 13.0. The van der Waals surface area contributed by atoms with Gasteiger partial charge in [-0.1, -0.05) is 41.0 Å². The highest BCUT2D eigenvalue weighted by atomic mass is 35.5. The van der Waals surface area contributed by atoms with Crippen molar-refractivity contribution < 1.29 is 14.7 Å². The Hall–Kier alpha value is -3.67. The van der Waals surface area contributed by atoms with Crippen molar-refractivity contribution in [1.29, 1.82) is 5.26 Å². The zero-order chi connectivity index (χ0) is 27.2. The molecule has 9 heteroatoms. The molecule has 0 atom stereocenters. The van der Waals surface area contributed by atoms with Crippen LogP contribution >= 0.6 is 23.8 Å². The number of carbonyl (C=O) groups is 1. The van der Waals surface area contributed by atoms with E-state index in [1.165, 1.54) is 11.1 Å². The van der Waals surface area contributed by atoms with Crippen LogP contribution in [0.3, 0.4) is 0 Å². The van der Waals surface area contributed by atoms with Crippen LogP contribution in [0.5, 0.6) is 5.75 Å². The molecule has 1 aliphatic heterocycles. The van der Waals surface area contributed by atoms with Gasteiger partial charge >= 0.3 is 0 Å². The molecule has 192 valence electrons. The Labute approximate surface area is 227 Å². The lowest BCUT2D eigenvalue weighted by atomic mass is 10.0. The number of halogens is 1. The van der Waals surface area contributed by atoms with Crippen molar-refractivity contribution in [3.8, 4) is 11.8 Å². The first kappa shape index (κ1) is 27.9. The van der Waals surface area contributed by atoms with Gasteiger partial charge in [-0.2, -0.15) is 5.26 Å². The predicted octanol–water partition coefficient (Wildman–Crippen LogP) is 6.12. The lowest BCUT2D eigenvalue weighted by molar-refractivity contribution is -0.123. The monoisotopic (exact) mass is 536 g/mol. The molecule has 2 aromatic rings. The molecule has 0 aliphatic carbocycles. The Morgan fingerprint density at radius 2 is 1.97 bits per heavy atom. The first-order valence-corrected chi connectivity index (χ1v) is 12.5. The van der Waals surface area contributed by atoms with Crippen molar-refractivity contribution >= 4 is 52.3 Å². The number of allylic oxidation sites excluding steroid dienone is 4. The standard InChI is InChI=1S/C28H29ClN4O3S/c1-5-7-20(14-15-31-35)21-8-11-23(12-9-21)36-17-6-16-32-27(37)33(26(34)28(32,3)4)24-13-10-22(18-30)25(29)19(24)2/h5,7-15,35H,6,16-17H2,1-4H3/b7-5-,20-14+,31-15+. The normalized spacial score (nSPS) is 15.7. The molecule has 0 saturated carbocycles. The van der Waals surface area contributed by atoms with E-state index >= 15 is 0 Å². The van der Waals surface area contributed by atoms with Crippen LogP contribution in [-0.4, -0.2) is 46.0 Å². The van der Waals surface area contributed by atoms with Crippen LogP contribution < -0.4 is 9.64 Å². The van der Waals surface area contributed by atoms with Gasteiger partial charge in [-0.15, -0.1) is 0 Å². The molecule has 1 N–H and O–H groups in total. The summed E-state index contributed by atoms with van der Waals surface area (Å²) in [5.74, 6) is 0.581. The number of rotatable bonds is 9. The van der Waals surface area contributed by atoms with Gasteiger partial charge in [-0.25, -0.2) is 0 Å². The summed E-state index contributed by atoms with van der Waals surface area (Å²) in [7, 11) is 0. The van der Waals surface area contributed by atoms with Crippen LogP contribution in [0.25, 0.3) is 5.57 Å². The molecule has 1 amide bonds. The Morgan fingerprint density at radius 3 is 2.59 bits per heavy atom. The highest BCUT2D eigenvalue weighted by Crippen LogP contribution is 2.37. The fourth-order valence-electron chi connectivity index (χ4n) is 4.12. The van der Waals surface area contributed by atoms with Crippen molar-refractivity contribution in [2.24, 2.45) is 5.16 Å². The third-order valence-electron chi connectivity index (χ3n) is 6.19. The van der Waals surface area contributed by atoms with Gasteiger partial charge in [0.25, 0.3) is 5.91 Å². The molecule has 37 heavy (non-hydrogen) atoms. The maximum absolute atomic E-state index is 13.3. The van der Waals surface area contributed by atoms with Crippen LogP contribution in [0, 0.1) is 18.3 Å². The van der Waals surface area contributed by atoms with Crippen LogP contribution in [0.4, 0.5) is 5.69 Å². The number of amides is 1. The van der Waals surface area contributed by atoms with E-state index in [-0.39, 0.29) is 5.91 Å². The topological polar surface area (TPSA) is 89.2 Å². The summed E-state index contributed by atoms with van der Waals surface area (Å²) in [5, 5.41) is 21.7. The molecule has 0 bridgehead atoms. The zero-order valence-electron chi connectivity index (χ0n) is 21.2. The average Bonchev–Trinajstić information content (AvgIpc) is 3.05. The quantitative estimate of drug-likeness (QED) is 0.104. The van der Waals surface area contributed by atoms with E-state index in [0.717, 1.165) is 16.9 Å². The summed E-state index contributed by atoms with van der Waals surface area (Å²) in [4.78, 5) is 16.8. The van der Waals surface area contributed by atoms with Gasteiger partial charge in [-0.3, -0.25) is 9.69 Å². The zero-order valence-corrected chi connectivity index (χ0v) is 22.8. The third-order valence-corrected chi connectivity index (χ3v) is 7.08. The van der Waals surface area contributed by atoms with Gasteiger partial charge in [0.1, 0.15) is 17.4 Å². The summed E-state index contributed by atoms with van der Waals surface area (Å²) < 4.78 is 5.92. The van der Waals surface area contributed by atoms with E-state index in [4.69, 9.17) is 33.8 Å². The molecule has 1 fully saturated rings. The third kappa shape index (κ3) is 5.85. The maximum atomic E-state index is 13.3. The minimum Gasteiger partial charge on any atom is -0.494 e. The fourth-order valence-corrected chi connectivity index (χ4v) is 4.83. The molecular weight excluding hydrogens is 508 g/mol. The van der Waals surface area contributed by atoms with Crippen LogP contribution in [0.15, 0.2) is 59.8 Å². The summed E-state index contributed by atoms with van der Waals surface area (Å²) in [6.45, 7) is 8.37. The van der Waals surface area contributed by atoms with Gasteiger partial charge < -0.3 is 14.8 Å². The van der Waals surface area contributed by atoms with Gasteiger partial charge in [0.15, 0.2) is 5.11 Å². The number of oxime groups is 1. The molecular formula is C28H29ClN4O3S. The molecule has 0 spiro atoms. The fraction of sp³-hybridized carbons (Fsp3) is 0.286. The first-order valence-electron chi connectivity index (χ1n) is 11.8. The lowest BCUT2D eigenvalue weighted by Gasteiger charge is -2.29. The van der Waals surface area contributed by atoms with Crippen LogP contribution in [0.1, 0.15) is 43.9 Å².